The number of hydrogen-bond donors (Lipinski definition) is 3. The van der Waals surface area contributed by atoms with Gasteiger partial charge in [0.2, 0.25) is 10.0 Å². The Bertz CT molecular complexity index is 599. The molecule has 1 aliphatic carbocycles. The van der Waals surface area contributed by atoms with Crippen LogP contribution in [-0.4, -0.2) is 21.0 Å². The third-order valence-electron chi connectivity index (χ3n) is 4.27. The topological polar surface area (TPSA) is 98.2 Å². The van der Waals surface area contributed by atoms with Crippen LogP contribution in [0.25, 0.3) is 0 Å². The summed E-state index contributed by atoms with van der Waals surface area (Å²) < 4.78 is 23.1. The minimum absolute atomic E-state index is 0.158. The monoisotopic (exact) mass is 297 g/mol. The molecule has 0 aliphatic heterocycles. The van der Waals surface area contributed by atoms with Crippen LogP contribution < -0.4 is 16.2 Å². The maximum Gasteiger partial charge on any atom is 0.238 e. The predicted octanol–water partition coefficient (Wildman–Crippen LogP) is 1.49. The van der Waals surface area contributed by atoms with Gasteiger partial charge in [0.15, 0.2) is 0 Å². The maximum atomic E-state index is 11.5. The van der Waals surface area contributed by atoms with E-state index in [9.17, 15) is 8.42 Å². The normalized spacial score (nSPS) is 23.0. The van der Waals surface area contributed by atoms with Gasteiger partial charge in [0.25, 0.3) is 0 Å². The molecule has 0 aromatic heterocycles. The van der Waals surface area contributed by atoms with Gasteiger partial charge in [-0.25, -0.2) is 13.6 Å². The van der Waals surface area contributed by atoms with Gasteiger partial charge >= 0.3 is 0 Å². The summed E-state index contributed by atoms with van der Waals surface area (Å²) >= 11 is 0. The lowest BCUT2D eigenvalue weighted by atomic mass is 10.0. The second-order valence-corrected chi connectivity index (χ2v) is 7.20. The van der Waals surface area contributed by atoms with Gasteiger partial charge in [0.1, 0.15) is 0 Å². The van der Waals surface area contributed by atoms with Crippen LogP contribution in [0.5, 0.6) is 0 Å². The first kappa shape index (κ1) is 15.3. The molecule has 0 spiro atoms. The van der Waals surface area contributed by atoms with Crippen LogP contribution in [0.15, 0.2) is 17.0 Å². The Morgan fingerprint density at radius 3 is 2.60 bits per heavy atom. The molecule has 6 heteroatoms. The fraction of sp³-hybridized carbons (Fsp3) is 0.571. The van der Waals surface area contributed by atoms with E-state index in [1.807, 2.05) is 13.8 Å². The molecule has 2 rings (SSSR count). The molecule has 1 aromatic rings. The molecule has 20 heavy (non-hydrogen) atoms. The Morgan fingerprint density at radius 1 is 1.30 bits per heavy atom. The molecular weight excluding hydrogens is 274 g/mol. The van der Waals surface area contributed by atoms with E-state index >= 15 is 0 Å². The molecule has 1 aromatic carbocycles. The molecule has 0 amide bonds. The molecule has 2 unspecified atom stereocenters. The van der Waals surface area contributed by atoms with E-state index in [-0.39, 0.29) is 4.90 Å². The number of anilines is 1. The van der Waals surface area contributed by atoms with Crippen LogP contribution in [0.3, 0.4) is 0 Å². The molecule has 5 nitrogen and oxygen atoms in total. The van der Waals surface area contributed by atoms with Gasteiger partial charge < -0.3 is 11.1 Å². The number of nitrogens with two attached hydrogens (primary N) is 2. The molecule has 0 saturated heterocycles. The lowest BCUT2D eigenvalue weighted by molar-refractivity contribution is 0.516. The summed E-state index contributed by atoms with van der Waals surface area (Å²) in [7, 11) is -3.68. The highest BCUT2D eigenvalue weighted by Crippen LogP contribution is 2.31. The fourth-order valence-corrected chi connectivity index (χ4v) is 3.47. The van der Waals surface area contributed by atoms with E-state index in [2.05, 4.69) is 5.32 Å². The molecule has 2 atom stereocenters. The zero-order valence-corrected chi connectivity index (χ0v) is 12.8. The molecule has 112 valence electrons. The Kier molecular flexibility index (Phi) is 4.36. The van der Waals surface area contributed by atoms with Gasteiger partial charge in [-0.15, -0.1) is 0 Å². The highest BCUT2D eigenvalue weighted by atomic mass is 32.2. The first-order valence-electron chi connectivity index (χ1n) is 6.93. The van der Waals surface area contributed by atoms with E-state index in [4.69, 9.17) is 10.9 Å². The van der Waals surface area contributed by atoms with Gasteiger partial charge in [-0.2, -0.15) is 0 Å². The van der Waals surface area contributed by atoms with E-state index in [0.717, 1.165) is 36.1 Å². The smallest absolute Gasteiger partial charge is 0.238 e. The zero-order chi connectivity index (χ0) is 14.9. The van der Waals surface area contributed by atoms with Gasteiger partial charge in [-0.1, -0.05) is 6.42 Å². The molecule has 1 aliphatic rings. The summed E-state index contributed by atoms with van der Waals surface area (Å²) in [6.07, 6.45) is 3.35. The SMILES string of the molecule is Cc1cc(S(N)(=O)=O)cc(NC2CCCC2CN)c1C. The number of nitrogens with one attached hydrogen (secondary N) is 1. The van der Waals surface area contributed by atoms with Crippen molar-refractivity contribution < 1.29 is 8.42 Å². The number of aryl methyl sites for hydroxylation is 1. The summed E-state index contributed by atoms with van der Waals surface area (Å²) in [5, 5.41) is 8.69. The van der Waals surface area contributed by atoms with Crippen molar-refractivity contribution in [3.05, 3.63) is 23.3 Å². The fourth-order valence-electron chi connectivity index (χ4n) is 2.85. The van der Waals surface area contributed by atoms with Gasteiger partial charge in [-0.3, -0.25) is 0 Å². The first-order chi connectivity index (χ1) is 9.32. The molecular formula is C14H23N3O2S. The standard InChI is InChI=1S/C14H23N3O2S/c1-9-6-12(20(16,18)19)7-14(10(9)2)17-13-5-3-4-11(13)8-15/h6-7,11,13,17H,3-5,8,15H2,1-2H3,(H2,16,18,19). The lowest BCUT2D eigenvalue weighted by Gasteiger charge is -2.23. The summed E-state index contributed by atoms with van der Waals surface area (Å²) in [5.74, 6) is 0.452. The Balaban J connectivity index is 2.34. The van der Waals surface area contributed by atoms with Gasteiger partial charge in [0, 0.05) is 11.7 Å². The van der Waals surface area contributed by atoms with E-state index < -0.39 is 10.0 Å². The van der Waals surface area contributed by atoms with E-state index in [1.54, 1.807) is 12.1 Å². The average molecular weight is 297 g/mol. The highest BCUT2D eigenvalue weighted by Gasteiger charge is 2.26. The van der Waals surface area contributed by atoms with Crippen molar-refractivity contribution in [3.63, 3.8) is 0 Å². The summed E-state index contributed by atoms with van der Waals surface area (Å²) in [6.45, 7) is 4.53. The van der Waals surface area contributed by atoms with Crippen molar-refractivity contribution in [3.8, 4) is 0 Å². The summed E-state index contributed by atoms with van der Waals surface area (Å²) in [4.78, 5) is 0.158. The van der Waals surface area contributed by atoms with Gasteiger partial charge in [-0.05, 0) is 62.4 Å². The van der Waals surface area contributed by atoms with Crippen LogP contribution in [0.4, 0.5) is 5.69 Å². The molecule has 1 fully saturated rings. The van der Waals surface area contributed by atoms with E-state index in [1.165, 1.54) is 0 Å². The second-order valence-electron chi connectivity index (χ2n) is 5.64. The largest absolute Gasteiger partial charge is 0.382 e. The summed E-state index contributed by atoms with van der Waals surface area (Å²) in [5.41, 5.74) is 8.61. The van der Waals surface area contributed by atoms with Gasteiger partial charge in [0.05, 0.1) is 4.90 Å². The Morgan fingerprint density at radius 2 is 2.00 bits per heavy atom. The van der Waals surface area contributed by atoms with Crippen molar-refractivity contribution >= 4 is 15.7 Å². The Hall–Kier alpha value is -1.11. The first-order valence-corrected chi connectivity index (χ1v) is 8.48. The number of primary sulfonamides is 1. The quantitative estimate of drug-likeness (QED) is 0.784. The van der Waals surface area contributed by atoms with Crippen molar-refractivity contribution in [2.24, 2.45) is 16.8 Å². The van der Waals surface area contributed by atoms with Crippen molar-refractivity contribution in [2.45, 2.75) is 44.0 Å². The molecule has 0 heterocycles. The molecule has 0 bridgehead atoms. The number of benzene rings is 1. The van der Waals surface area contributed by atoms with Crippen molar-refractivity contribution in [1.29, 1.82) is 0 Å². The average Bonchev–Trinajstić information content (AvgIpc) is 2.80. The Labute approximate surface area is 120 Å². The van der Waals surface area contributed by atoms with Crippen molar-refractivity contribution in [2.75, 3.05) is 11.9 Å². The highest BCUT2D eigenvalue weighted by molar-refractivity contribution is 7.89. The molecule has 0 radical (unpaired) electrons. The van der Waals surface area contributed by atoms with Crippen molar-refractivity contribution in [1.82, 2.24) is 0 Å². The third-order valence-corrected chi connectivity index (χ3v) is 5.16. The third kappa shape index (κ3) is 3.13. The number of rotatable bonds is 4. The van der Waals surface area contributed by atoms with E-state index in [0.29, 0.717) is 18.5 Å². The van der Waals surface area contributed by atoms with Crippen LogP contribution in [-0.2, 0) is 10.0 Å². The second kappa shape index (κ2) is 5.71. The summed E-state index contributed by atoms with van der Waals surface area (Å²) in [6, 6.07) is 3.56. The predicted molar refractivity (Wildman–Crippen MR) is 81.1 cm³/mol. The van der Waals surface area contributed by atoms with Crippen LogP contribution in [0, 0.1) is 19.8 Å². The van der Waals surface area contributed by atoms with Crippen LogP contribution in [0.2, 0.25) is 0 Å². The molecule has 1 saturated carbocycles. The maximum absolute atomic E-state index is 11.5. The minimum atomic E-state index is -3.68. The zero-order valence-electron chi connectivity index (χ0n) is 12.0. The van der Waals surface area contributed by atoms with Crippen LogP contribution >= 0.6 is 0 Å². The lowest BCUT2D eigenvalue weighted by Crippen LogP contribution is -2.30. The number of hydrogen-bond acceptors (Lipinski definition) is 4. The minimum Gasteiger partial charge on any atom is -0.382 e. The van der Waals surface area contributed by atoms with Crippen LogP contribution in [0.1, 0.15) is 30.4 Å². The number of sulfonamides is 1. The molecule has 5 N–H and O–H groups in total.